The van der Waals surface area contributed by atoms with Crippen LogP contribution in [0.5, 0.6) is 11.5 Å². The van der Waals surface area contributed by atoms with Gasteiger partial charge in [-0.05, 0) is 43.0 Å². The van der Waals surface area contributed by atoms with Gasteiger partial charge in [0, 0.05) is 21.6 Å². The van der Waals surface area contributed by atoms with Crippen molar-refractivity contribution in [1.29, 1.82) is 0 Å². The molecule has 0 amide bonds. The van der Waals surface area contributed by atoms with Gasteiger partial charge in [-0.15, -0.1) is 0 Å². The molecule has 0 saturated carbocycles. The summed E-state index contributed by atoms with van der Waals surface area (Å²) in [5, 5.41) is 0.542. The third-order valence-electron chi connectivity index (χ3n) is 4.68. The summed E-state index contributed by atoms with van der Waals surface area (Å²) in [6, 6.07) is 18.1. The number of fused-ring (bicyclic) bond motifs is 2. The number of hydrogen-bond donors (Lipinski definition) is 0. The first-order chi connectivity index (χ1) is 11.3. The lowest BCUT2D eigenvalue weighted by molar-refractivity contribution is 0.480. The fraction of sp³-hybridized carbons (Fsp3) is 0.300. The van der Waals surface area contributed by atoms with Gasteiger partial charge < -0.3 is 4.74 Å². The van der Waals surface area contributed by atoms with Crippen LogP contribution in [0.1, 0.15) is 31.2 Å². The highest BCUT2D eigenvalue weighted by atomic mass is 32.2. The minimum atomic E-state index is -0.692. The largest absolute Gasteiger partial charge is 0.457 e. The molecule has 0 aromatic heterocycles. The number of ether oxygens (including phenoxy) is 1. The lowest BCUT2D eigenvalue weighted by Crippen LogP contribution is -2.33. The molecule has 118 valence electrons. The summed E-state index contributed by atoms with van der Waals surface area (Å²) >= 11 is 0. The zero-order chi connectivity index (χ0) is 15.6. The zero-order valence-electron chi connectivity index (χ0n) is 13.0. The molecule has 23 heavy (non-hydrogen) atoms. The van der Waals surface area contributed by atoms with Crippen LogP contribution in [0, 0.1) is 0 Å². The molecule has 1 fully saturated rings. The highest BCUT2D eigenvalue weighted by molar-refractivity contribution is 7.86. The molecule has 2 heterocycles. The summed E-state index contributed by atoms with van der Waals surface area (Å²) in [7, 11) is -0.692. The molecule has 4 rings (SSSR count). The molecule has 3 heteroatoms. The Bertz CT molecular complexity index is 751. The SMILES string of the molecule is O=S1C2C=C(c3ccccc3Oc3ccccc3)CC1CCC2. The van der Waals surface area contributed by atoms with Crippen molar-refractivity contribution in [2.45, 2.75) is 36.2 Å². The Morgan fingerprint density at radius 1 is 0.957 bits per heavy atom. The van der Waals surface area contributed by atoms with E-state index in [1.807, 2.05) is 42.5 Å². The molecular weight excluding hydrogens is 304 g/mol. The number of para-hydroxylation sites is 2. The maximum Gasteiger partial charge on any atom is 0.134 e. The molecule has 3 atom stereocenters. The van der Waals surface area contributed by atoms with E-state index in [4.69, 9.17) is 4.74 Å². The Kier molecular flexibility index (Phi) is 4.04. The van der Waals surface area contributed by atoms with Crippen LogP contribution in [-0.4, -0.2) is 14.7 Å². The third kappa shape index (κ3) is 2.98. The Balaban J connectivity index is 1.68. The van der Waals surface area contributed by atoms with Crippen LogP contribution in [0.4, 0.5) is 0 Å². The smallest absolute Gasteiger partial charge is 0.134 e. The van der Waals surface area contributed by atoms with Gasteiger partial charge in [0.15, 0.2) is 0 Å². The van der Waals surface area contributed by atoms with Crippen molar-refractivity contribution >= 4 is 16.4 Å². The number of allylic oxidation sites excluding steroid dienone is 1. The molecule has 2 bridgehead atoms. The lowest BCUT2D eigenvalue weighted by Gasteiger charge is -2.33. The Labute approximate surface area is 139 Å². The normalized spacial score (nSPS) is 26.4. The standard InChI is InChI=1S/C20H20O2S/c21-23-17-9-6-10-18(23)14-15(13-17)19-11-4-5-12-20(19)22-16-7-2-1-3-8-16/h1-5,7-8,11-13,17-18H,6,9-10,14H2. The Morgan fingerprint density at radius 3 is 2.57 bits per heavy atom. The van der Waals surface area contributed by atoms with Gasteiger partial charge in [0.05, 0.1) is 5.25 Å². The summed E-state index contributed by atoms with van der Waals surface area (Å²) in [6.07, 6.45) is 6.47. The van der Waals surface area contributed by atoms with Crippen LogP contribution < -0.4 is 4.74 Å². The lowest BCUT2D eigenvalue weighted by atomic mass is 9.93. The molecule has 0 spiro atoms. The summed E-state index contributed by atoms with van der Waals surface area (Å²) in [6.45, 7) is 0. The second-order valence-corrected chi connectivity index (χ2v) is 8.16. The first-order valence-corrected chi connectivity index (χ1v) is 9.51. The van der Waals surface area contributed by atoms with Crippen molar-refractivity contribution in [2.24, 2.45) is 0 Å². The summed E-state index contributed by atoms with van der Waals surface area (Å²) < 4.78 is 18.5. The van der Waals surface area contributed by atoms with E-state index in [1.165, 1.54) is 12.0 Å². The van der Waals surface area contributed by atoms with Gasteiger partial charge in [-0.2, -0.15) is 0 Å². The minimum Gasteiger partial charge on any atom is -0.457 e. The van der Waals surface area contributed by atoms with E-state index >= 15 is 0 Å². The van der Waals surface area contributed by atoms with E-state index in [-0.39, 0.29) is 5.25 Å². The molecule has 0 radical (unpaired) electrons. The van der Waals surface area contributed by atoms with Crippen molar-refractivity contribution in [3.63, 3.8) is 0 Å². The summed E-state index contributed by atoms with van der Waals surface area (Å²) in [5.41, 5.74) is 2.44. The van der Waals surface area contributed by atoms with E-state index in [0.717, 1.165) is 36.3 Å². The van der Waals surface area contributed by atoms with Gasteiger partial charge in [0.1, 0.15) is 11.5 Å². The quantitative estimate of drug-likeness (QED) is 0.799. The molecule has 2 nitrogen and oxygen atoms in total. The van der Waals surface area contributed by atoms with Crippen molar-refractivity contribution in [2.75, 3.05) is 0 Å². The van der Waals surface area contributed by atoms with Crippen LogP contribution in [0.15, 0.2) is 60.7 Å². The molecule has 0 N–H and O–H groups in total. The number of benzene rings is 2. The second kappa shape index (κ2) is 6.32. The molecule has 0 aliphatic carbocycles. The monoisotopic (exact) mass is 324 g/mol. The summed E-state index contributed by atoms with van der Waals surface area (Å²) in [5.74, 6) is 1.73. The minimum absolute atomic E-state index is 0.224. The number of rotatable bonds is 3. The highest BCUT2D eigenvalue weighted by Gasteiger charge is 2.34. The maximum atomic E-state index is 12.4. The third-order valence-corrected chi connectivity index (χ3v) is 6.71. The molecular formula is C20H20O2S. The van der Waals surface area contributed by atoms with Gasteiger partial charge in [-0.25, -0.2) is 0 Å². The molecule has 2 aromatic carbocycles. The molecule has 2 aromatic rings. The average molecular weight is 324 g/mol. The number of hydrogen-bond acceptors (Lipinski definition) is 2. The zero-order valence-corrected chi connectivity index (χ0v) is 13.8. The van der Waals surface area contributed by atoms with Crippen LogP contribution in [0.2, 0.25) is 0 Å². The summed E-state index contributed by atoms with van der Waals surface area (Å²) in [4.78, 5) is 0. The average Bonchev–Trinajstić information content (AvgIpc) is 2.56. The van der Waals surface area contributed by atoms with Gasteiger partial charge in [0.2, 0.25) is 0 Å². The predicted molar refractivity (Wildman–Crippen MR) is 95.1 cm³/mol. The Morgan fingerprint density at radius 2 is 1.74 bits per heavy atom. The molecule has 3 unspecified atom stereocenters. The van der Waals surface area contributed by atoms with E-state index in [2.05, 4.69) is 18.2 Å². The van der Waals surface area contributed by atoms with E-state index < -0.39 is 10.8 Å². The highest BCUT2D eigenvalue weighted by Crippen LogP contribution is 2.40. The Hall–Kier alpha value is -1.87. The topological polar surface area (TPSA) is 26.3 Å². The van der Waals surface area contributed by atoms with E-state index in [9.17, 15) is 4.21 Å². The maximum absolute atomic E-state index is 12.4. The van der Waals surface area contributed by atoms with E-state index in [0.29, 0.717) is 5.25 Å². The van der Waals surface area contributed by atoms with Crippen molar-refractivity contribution in [3.05, 3.63) is 66.2 Å². The first-order valence-electron chi connectivity index (χ1n) is 8.23. The predicted octanol–water partition coefficient (Wildman–Crippen LogP) is 4.94. The van der Waals surface area contributed by atoms with E-state index in [1.54, 1.807) is 0 Å². The van der Waals surface area contributed by atoms with Gasteiger partial charge in [0.25, 0.3) is 0 Å². The van der Waals surface area contributed by atoms with Crippen LogP contribution >= 0.6 is 0 Å². The second-order valence-electron chi connectivity index (χ2n) is 6.23. The van der Waals surface area contributed by atoms with Crippen molar-refractivity contribution < 1.29 is 8.95 Å². The fourth-order valence-electron chi connectivity index (χ4n) is 3.53. The van der Waals surface area contributed by atoms with Gasteiger partial charge >= 0.3 is 0 Å². The van der Waals surface area contributed by atoms with Crippen LogP contribution in [0.25, 0.3) is 5.57 Å². The van der Waals surface area contributed by atoms with Gasteiger partial charge in [-0.1, -0.05) is 48.9 Å². The molecule has 2 aliphatic heterocycles. The van der Waals surface area contributed by atoms with Crippen LogP contribution in [-0.2, 0) is 10.8 Å². The van der Waals surface area contributed by atoms with Crippen molar-refractivity contribution in [3.8, 4) is 11.5 Å². The van der Waals surface area contributed by atoms with Crippen molar-refractivity contribution in [1.82, 2.24) is 0 Å². The molecule has 2 aliphatic rings. The van der Waals surface area contributed by atoms with Gasteiger partial charge in [-0.3, -0.25) is 4.21 Å². The first kappa shape index (κ1) is 14.7. The molecule has 1 saturated heterocycles. The fourth-order valence-corrected chi connectivity index (χ4v) is 5.47. The van der Waals surface area contributed by atoms with Crippen LogP contribution in [0.3, 0.4) is 0 Å².